The number of aromatic nitrogens is 1. The van der Waals surface area contributed by atoms with Crippen LogP contribution in [-0.4, -0.2) is 59.4 Å². The van der Waals surface area contributed by atoms with E-state index in [-0.39, 0.29) is 30.2 Å². The molecule has 188 valence electrons. The highest BCUT2D eigenvalue weighted by molar-refractivity contribution is 5.92. The first-order valence-corrected chi connectivity index (χ1v) is 12.5. The van der Waals surface area contributed by atoms with E-state index in [2.05, 4.69) is 42.2 Å². The summed E-state index contributed by atoms with van der Waals surface area (Å²) in [4.78, 5) is 33.5. The monoisotopic (exact) mass is 489 g/mol. The van der Waals surface area contributed by atoms with Crippen LogP contribution in [0.5, 0.6) is 5.75 Å². The molecular weight excluding hydrogens is 458 g/mol. The fraction of sp³-hybridized carbons (Fsp3) is 0.393. The molecule has 0 aliphatic carbocycles. The molecule has 1 unspecified atom stereocenters. The molecule has 0 spiro atoms. The van der Waals surface area contributed by atoms with Crippen LogP contribution in [0.1, 0.15) is 58.0 Å². The molecule has 0 bridgehead atoms. The van der Waals surface area contributed by atoms with Gasteiger partial charge < -0.3 is 23.7 Å². The minimum absolute atomic E-state index is 0.0992. The van der Waals surface area contributed by atoms with Crippen LogP contribution < -0.4 is 4.74 Å². The van der Waals surface area contributed by atoms with Gasteiger partial charge in [-0.25, -0.2) is 4.98 Å². The second kappa shape index (κ2) is 10.5. The Bertz CT molecular complexity index is 1230. The van der Waals surface area contributed by atoms with E-state index in [1.54, 1.807) is 4.90 Å². The first kappa shape index (κ1) is 24.1. The number of oxazole rings is 1. The number of aryl methyl sites for hydroxylation is 1. The van der Waals surface area contributed by atoms with Crippen molar-refractivity contribution in [1.29, 1.82) is 0 Å². The third kappa shape index (κ3) is 4.99. The zero-order valence-electron chi connectivity index (χ0n) is 20.7. The normalized spacial score (nSPS) is 17.6. The van der Waals surface area contributed by atoms with Crippen LogP contribution in [0.25, 0.3) is 0 Å². The Hall–Kier alpha value is -3.65. The Morgan fingerprint density at radius 2 is 1.86 bits per heavy atom. The fourth-order valence-corrected chi connectivity index (χ4v) is 4.81. The van der Waals surface area contributed by atoms with E-state index in [0.29, 0.717) is 50.9 Å². The lowest BCUT2D eigenvalue weighted by Crippen LogP contribution is -2.40. The number of carbonyl (C=O) groups is 2. The van der Waals surface area contributed by atoms with Gasteiger partial charge in [0, 0.05) is 26.1 Å². The average Bonchev–Trinajstić information content (AvgIpc) is 3.40. The summed E-state index contributed by atoms with van der Waals surface area (Å²) in [5, 5.41) is 0. The van der Waals surface area contributed by atoms with Gasteiger partial charge in [0.2, 0.25) is 11.8 Å². The third-order valence-corrected chi connectivity index (χ3v) is 6.79. The predicted octanol–water partition coefficient (Wildman–Crippen LogP) is 3.92. The molecule has 5 rings (SSSR count). The molecule has 1 aromatic heterocycles. The number of fused-ring (bicyclic) bond motifs is 1. The maximum atomic E-state index is 12.8. The van der Waals surface area contributed by atoms with Crippen molar-refractivity contribution in [2.75, 3.05) is 32.8 Å². The highest BCUT2D eigenvalue weighted by Gasteiger charge is 2.31. The van der Waals surface area contributed by atoms with Gasteiger partial charge in [-0.05, 0) is 42.2 Å². The lowest BCUT2D eigenvalue weighted by atomic mass is 9.87. The van der Waals surface area contributed by atoms with E-state index >= 15 is 0 Å². The number of morpholine rings is 1. The summed E-state index contributed by atoms with van der Waals surface area (Å²) >= 11 is 0. The zero-order chi connectivity index (χ0) is 25.1. The van der Waals surface area contributed by atoms with Crippen molar-refractivity contribution in [3.05, 3.63) is 82.6 Å². The lowest BCUT2D eigenvalue weighted by molar-refractivity contribution is -0.132. The standard InChI is InChI=1S/C28H31N3O5/c1-3-26(32)31-11-10-20-8-9-22(16-23(20)27(31)21-6-4-19(2)5-7-21)35-18-25-29-24(17-36-25)28(33)30-12-14-34-15-13-30/h4-9,16-17,27H,3,10-15,18H2,1-2H3. The van der Waals surface area contributed by atoms with E-state index in [4.69, 9.17) is 13.9 Å². The van der Waals surface area contributed by atoms with Crippen LogP contribution in [0.4, 0.5) is 0 Å². The van der Waals surface area contributed by atoms with Gasteiger partial charge in [-0.1, -0.05) is 42.8 Å². The van der Waals surface area contributed by atoms with E-state index < -0.39 is 0 Å². The van der Waals surface area contributed by atoms with Crippen LogP contribution in [-0.2, 0) is 22.6 Å². The minimum atomic E-state index is -0.163. The zero-order valence-corrected chi connectivity index (χ0v) is 20.7. The van der Waals surface area contributed by atoms with Crippen molar-refractivity contribution in [2.45, 2.75) is 39.3 Å². The van der Waals surface area contributed by atoms with Crippen molar-refractivity contribution < 1.29 is 23.5 Å². The van der Waals surface area contributed by atoms with Crippen molar-refractivity contribution >= 4 is 11.8 Å². The molecule has 36 heavy (non-hydrogen) atoms. The number of carbonyl (C=O) groups excluding carboxylic acids is 2. The van der Waals surface area contributed by atoms with Gasteiger partial charge in [-0.15, -0.1) is 0 Å². The molecule has 3 aromatic rings. The maximum absolute atomic E-state index is 12.8. The SMILES string of the molecule is CCC(=O)N1CCc2ccc(OCc3nc(C(=O)N4CCOCC4)co3)cc2C1c1ccc(C)cc1. The Morgan fingerprint density at radius 1 is 1.08 bits per heavy atom. The molecule has 0 radical (unpaired) electrons. The van der Waals surface area contributed by atoms with Gasteiger partial charge in [0.05, 0.1) is 19.3 Å². The number of benzene rings is 2. The van der Waals surface area contributed by atoms with Gasteiger partial charge >= 0.3 is 0 Å². The summed E-state index contributed by atoms with van der Waals surface area (Å²) in [7, 11) is 0. The molecule has 3 heterocycles. The molecule has 2 aromatic carbocycles. The molecule has 1 saturated heterocycles. The summed E-state index contributed by atoms with van der Waals surface area (Å²) in [5.74, 6) is 0.969. The van der Waals surface area contributed by atoms with Crippen molar-refractivity contribution in [1.82, 2.24) is 14.8 Å². The van der Waals surface area contributed by atoms with Gasteiger partial charge in [-0.2, -0.15) is 0 Å². The van der Waals surface area contributed by atoms with Gasteiger partial charge in [-0.3, -0.25) is 9.59 Å². The molecule has 0 saturated carbocycles. The molecule has 2 amide bonds. The van der Waals surface area contributed by atoms with Crippen molar-refractivity contribution in [3.8, 4) is 5.75 Å². The maximum Gasteiger partial charge on any atom is 0.275 e. The van der Waals surface area contributed by atoms with Crippen LogP contribution in [0.15, 0.2) is 53.1 Å². The Kier molecular flexibility index (Phi) is 7.04. The molecule has 8 heteroatoms. The number of ether oxygens (including phenoxy) is 2. The highest BCUT2D eigenvalue weighted by atomic mass is 16.5. The molecular formula is C28H31N3O5. The second-order valence-electron chi connectivity index (χ2n) is 9.18. The van der Waals surface area contributed by atoms with Crippen molar-refractivity contribution in [3.63, 3.8) is 0 Å². The highest BCUT2D eigenvalue weighted by Crippen LogP contribution is 2.37. The molecule has 1 atom stereocenters. The molecule has 1 fully saturated rings. The number of nitrogens with zero attached hydrogens (tertiary/aromatic N) is 3. The molecule has 2 aliphatic rings. The van der Waals surface area contributed by atoms with Gasteiger partial charge in [0.15, 0.2) is 12.3 Å². The minimum Gasteiger partial charge on any atom is -0.484 e. The average molecular weight is 490 g/mol. The first-order valence-electron chi connectivity index (χ1n) is 12.5. The predicted molar refractivity (Wildman–Crippen MR) is 133 cm³/mol. The summed E-state index contributed by atoms with van der Waals surface area (Å²) in [5.41, 5.74) is 4.81. The largest absolute Gasteiger partial charge is 0.484 e. The Labute approximate surface area is 210 Å². The first-order chi connectivity index (χ1) is 17.5. The van der Waals surface area contributed by atoms with Crippen molar-refractivity contribution in [2.24, 2.45) is 0 Å². The number of hydrogen-bond acceptors (Lipinski definition) is 6. The van der Waals surface area contributed by atoms with Gasteiger partial charge in [0.1, 0.15) is 12.0 Å². The summed E-state index contributed by atoms with van der Waals surface area (Å²) in [6, 6.07) is 14.2. The fourth-order valence-electron chi connectivity index (χ4n) is 4.81. The summed E-state index contributed by atoms with van der Waals surface area (Å²) in [6.45, 7) is 6.90. The Morgan fingerprint density at radius 3 is 2.61 bits per heavy atom. The Balaban J connectivity index is 1.34. The van der Waals surface area contributed by atoms with Crippen LogP contribution in [0.2, 0.25) is 0 Å². The smallest absolute Gasteiger partial charge is 0.275 e. The summed E-state index contributed by atoms with van der Waals surface area (Å²) < 4.78 is 16.8. The van der Waals surface area contributed by atoms with Gasteiger partial charge in [0.25, 0.3) is 5.91 Å². The van der Waals surface area contributed by atoms with Crippen LogP contribution >= 0.6 is 0 Å². The lowest BCUT2D eigenvalue weighted by Gasteiger charge is -2.38. The third-order valence-electron chi connectivity index (χ3n) is 6.79. The van der Waals surface area contributed by atoms with E-state index in [1.807, 2.05) is 24.0 Å². The van der Waals surface area contributed by atoms with E-state index in [0.717, 1.165) is 17.5 Å². The number of rotatable bonds is 6. The quantitative estimate of drug-likeness (QED) is 0.522. The molecule has 0 N–H and O–H groups in total. The summed E-state index contributed by atoms with van der Waals surface area (Å²) in [6.07, 6.45) is 2.64. The second-order valence-corrected chi connectivity index (χ2v) is 9.18. The number of hydrogen-bond donors (Lipinski definition) is 0. The van der Waals surface area contributed by atoms with Crippen LogP contribution in [0.3, 0.4) is 0 Å². The number of amides is 2. The van der Waals surface area contributed by atoms with E-state index in [1.165, 1.54) is 17.4 Å². The molecule has 2 aliphatic heterocycles. The van der Waals surface area contributed by atoms with Crippen LogP contribution in [0, 0.1) is 6.92 Å². The molecule has 8 nitrogen and oxygen atoms in total. The topological polar surface area (TPSA) is 85.1 Å². The van der Waals surface area contributed by atoms with E-state index in [9.17, 15) is 9.59 Å².